The fourth-order valence-electron chi connectivity index (χ4n) is 6.64. The molecule has 0 bridgehead atoms. The summed E-state index contributed by atoms with van der Waals surface area (Å²) < 4.78 is 0. The van der Waals surface area contributed by atoms with Crippen molar-refractivity contribution in [2.24, 2.45) is 29.4 Å². The quantitative estimate of drug-likeness (QED) is 0.0893. The van der Waals surface area contributed by atoms with Gasteiger partial charge in [-0.25, -0.2) is 0 Å². The van der Waals surface area contributed by atoms with Gasteiger partial charge >= 0.3 is 0 Å². The second-order valence-corrected chi connectivity index (χ2v) is 12.8. The lowest BCUT2D eigenvalue weighted by molar-refractivity contribution is 0.377. The molecule has 0 aliphatic heterocycles. The van der Waals surface area contributed by atoms with E-state index in [0.29, 0.717) is 11.8 Å². The molecule has 0 saturated carbocycles. The van der Waals surface area contributed by atoms with Crippen LogP contribution in [0.2, 0.25) is 0 Å². The van der Waals surface area contributed by atoms with Crippen molar-refractivity contribution in [3.8, 4) is 0 Å². The summed E-state index contributed by atoms with van der Waals surface area (Å²) in [5.74, 6) is 2.83. The molecule has 3 aliphatic rings. The lowest BCUT2D eigenvalue weighted by Crippen LogP contribution is -2.16. The van der Waals surface area contributed by atoms with Gasteiger partial charge in [0.2, 0.25) is 0 Å². The van der Waals surface area contributed by atoms with Crippen molar-refractivity contribution in [1.29, 1.82) is 5.41 Å². The second-order valence-electron chi connectivity index (χ2n) is 12.8. The molecule has 3 rings (SSSR count). The molecule has 0 aromatic rings. The maximum absolute atomic E-state index is 7.10. The van der Waals surface area contributed by atoms with Crippen molar-refractivity contribution in [2.45, 2.75) is 135 Å². The highest BCUT2D eigenvalue weighted by atomic mass is 14.6. The Balaban J connectivity index is 1.28. The maximum Gasteiger partial charge on any atom is 0.0223 e. The first-order valence-electron chi connectivity index (χ1n) is 17.0. The normalized spacial score (nSPS) is 27.1. The fourth-order valence-corrected chi connectivity index (χ4v) is 6.64. The second kappa shape index (κ2) is 20.0. The Labute approximate surface area is 247 Å². The van der Waals surface area contributed by atoms with Crippen LogP contribution in [0.25, 0.3) is 0 Å². The lowest BCUT2D eigenvalue weighted by atomic mass is 9.79. The Morgan fingerprint density at radius 2 is 1.52 bits per heavy atom. The average Bonchev–Trinajstić information content (AvgIpc) is 3.65. The third kappa shape index (κ3) is 12.7. The van der Waals surface area contributed by atoms with Gasteiger partial charge in [0.1, 0.15) is 0 Å². The summed E-state index contributed by atoms with van der Waals surface area (Å²) in [6, 6.07) is 0.246. The van der Waals surface area contributed by atoms with Crippen LogP contribution in [0.4, 0.5) is 0 Å². The van der Waals surface area contributed by atoms with E-state index >= 15 is 0 Å². The van der Waals surface area contributed by atoms with Crippen LogP contribution in [0.15, 0.2) is 71.9 Å². The predicted molar refractivity (Wildman–Crippen MR) is 177 cm³/mol. The zero-order valence-corrected chi connectivity index (χ0v) is 25.7. The number of hydrogen-bond acceptors (Lipinski definition) is 2. The van der Waals surface area contributed by atoms with Crippen molar-refractivity contribution in [3.05, 3.63) is 71.9 Å². The molecule has 0 fully saturated rings. The van der Waals surface area contributed by atoms with E-state index in [-0.39, 0.29) is 6.04 Å². The lowest BCUT2D eigenvalue weighted by Gasteiger charge is -2.26. The van der Waals surface area contributed by atoms with Crippen molar-refractivity contribution in [1.82, 2.24) is 0 Å². The minimum atomic E-state index is 0.246. The third-order valence-electron chi connectivity index (χ3n) is 9.32. The van der Waals surface area contributed by atoms with Crippen molar-refractivity contribution >= 4 is 6.21 Å². The zero-order chi connectivity index (χ0) is 28.3. The first-order valence-corrected chi connectivity index (χ1v) is 17.0. The molecule has 3 unspecified atom stereocenters. The zero-order valence-electron chi connectivity index (χ0n) is 25.7. The van der Waals surface area contributed by atoms with Crippen LogP contribution in [0, 0.1) is 29.1 Å². The van der Waals surface area contributed by atoms with E-state index in [2.05, 4.69) is 67.7 Å². The van der Waals surface area contributed by atoms with E-state index in [0.717, 1.165) is 37.5 Å². The topological polar surface area (TPSA) is 49.9 Å². The van der Waals surface area contributed by atoms with E-state index in [9.17, 15) is 0 Å². The number of hydrogen-bond donors (Lipinski definition) is 2. The number of nitrogens with two attached hydrogens (primary N) is 1. The SMILES string of the molecule is CCCCCCCCC(N)/C=C\CCC1C=C[C@@H](C2C=C/C(=C3\C=C[C@@H](C/C=C\CCCCCC=N)C3)C2)CC1. The van der Waals surface area contributed by atoms with Gasteiger partial charge in [-0.15, -0.1) is 0 Å². The molecule has 0 aromatic heterocycles. The molecule has 3 N–H and O–H groups in total. The number of rotatable bonds is 20. The molecule has 0 saturated heterocycles. The van der Waals surface area contributed by atoms with Gasteiger partial charge in [0.05, 0.1) is 0 Å². The minimum absolute atomic E-state index is 0.246. The summed E-state index contributed by atoms with van der Waals surface area (Å²) in [4.78, 5) is 0. The molecule has 3 aliphatic carbocycles. The summed E-state index contributed by atoms with van der Waals surface area (Å²) in [7, 11) is 0. The third-order valence-corrected chi connectivity index (χ3v) is 9.32. The van der Waals surface area contributed by atoms with Gasteiger partial charge in [-0.1, -0.05) is 113 Å². The molecular weight excluding hydrogens is 484 g/mol. The summed E-state index contributed by atoms with van der Waals surface area (Å²) in [6.07, 6.45) is 49.6. The minimum Gasteiger partial charge on any atom is -0.324 e. The van der Waals surface area contributed by atoms with Crippen LogP contribution in [0.1, 0.15) is 129 Å². The Bertz CT molecular complexity index is 885. The molecular formula is C38H60N2. The van der Waals surface area contributed by atoms with Crippen LogP contribution < -0.4 is 5.73 Å². The molecule has 0 spiro atoms. The molecule has 0 heterocycles. The highest BCUT2D eigenvalue weighted by Gasteiger charge is 2.27. The molecule has 2 nitrogen and oxygen atoms in total. The molecule has 2 heteroatoms. The Morgan fingerprint density at radius 3 is 2.35 bits per heavy atom. The van der Waals surface area contributed by atoms with E-state index in [4.69, 9.17) is 11.1 Å². The summed E-state index contributed by atoms with van der Waals surface area (Å²) in [5.41, 5.74) is 9.49. The summed E-state index contributed by atoms with van der Waals surface area (Å²) >= 11 is 0. The van der Waals surface area contributed by atoms with Crippen molar-refractivity contribution < 1.29 is 0 Å². The molecule has 40 heavy (non-hydrogen) atoms. The Hall–Kier alpha value is -1.93. The number of unbranched alkanes of at least 4 members (excludes halogenated alkanes) is 9. The first kappa shape index (κ1) is 32.6. The van der Waals surface area contributed by atoms with Crippen molar-refractivity contribution in [3.63, 3.8) is 0 Å². The fraction of sp³-hybridized carbons (Fsp3) is 0.658. The average molecular weight is 545 g/mol. The standard InChI is InChI=1S/C38H60N2/c1-2-3-4-5-10-13-19-38(40)20-15-14-17-32-21-24-34(25-22-32)36-27-28-37(31-36)35-26-23-33(30-35)18-12-9-7-6-8-11-16-29-39/h9,12,15,20-21,23-24,26-29,32-34,36,38-39H,2-8,10-11,13-14,16-19,22,25,30-31,40H2,1H3/b12-9-,20-15-,37-35-,39-29?/t32?,33-,34-,36?,38?/m1/s1. The highest BCUT2D eigenvalue weighted by molar-refractivity contribution is 5.52. The molecule has 5 atom stereocenters. The van der Waals surface area contributed by atoms with Crippen molar-refractivity contribution in [2.75, 3.05) is 0 Å². The predicted octanol–water partition coefficient (Wildman–Crippen LogP) is 11.0. The largest absolute Gasteiger partial charge is 0.324 e. The van der Waals surface area contributed by atoms with Crippen LogP contribution >= 0.6 is 0 Å². The van der Waals surface area contributed by atoms with E-state index in [1.807, 2.05) is 0 Å². The van der Waals surface area contributed by atoms with Gasteiger partial charge in [0, 0.05) is 6.04 Å². The molecule has 222 valence electrons. The smallest absolute Gasteiger partial charge is 0.0223 e. The molecule has 0 aromatic carbocycles. The first-order chi connectivity index (χ1) is 19.7. The Kier molecular flexibility index (Phi) is 16.3. The number of allylic oxidation sites excluding steroid dienone is 11. The van der Waals surface area contributed by atoms with Gasteiger partial charge in [-0.05, 0) is 118 Å². The molecule has 0 radical (unpaired) electrons. The van der Waals surface area contributed by atoms with E-state index in [1.54, 1.807) is 11.1 Å². The molecule has 0 amide bonds. The Morgan fingerprint density at radius 1 is 0.750 bits per heavy atom. The maximum atomic E-state index is 7.10. The van der Waals surface area contributed by atoms with E-state index < -0.39 is 0 Å². The van der Waals surface area contributed by atoms with Gasteiger partial charge < -0.3 is 11.1 Å². The summed E-state index contributed by atoms with van der Waals surface area (Å²) in [5, 5.41) is 7.10. The van der Waals surface area contributed by atoms with Gasteiger partial charge in [0.15, 0.2) is 0 Å². The highest BCUT2D eigenvalue weighted by Crippen LogP contribution is 2.40. The monoisotopic (exact) mass is 544 g/mol. The summed E-state index contributed by atoms with van der Waals surface area (Å²) in [6.45, 7) is 2.28. The van der Waals surface area contributed by atoms with E-state index in [1.165, 1.54) is 103 Å². The van der Waals surface area contributed by atoms with Crippen LogP contribution in [-0.4, -0.2) is 12.3 Å². The van der Waals surface area contributed by atoms with Gasteiger partial charge in [0.25, 0.3) is 0 Å². The van der Waals surface area contributed by atoms with Crippen LogP contribution in [0.5, 0.6) is 0 Å². The van der Waals surface area contributed by atoms with Gasteiger partial charge in [-0.2, -0.15) is 0 Å². The number of nitrogens with one attached hydrogen (secondary N) is 1. The van der Waals surface area contributed by atoms with Gasteiger partial charge in [-0.3, -0.25) is 0 Å². The van der Waals surface area contributed by atoms with Crippen LogP contribution in [-0.2, 0) is 0 Å². The van der Waals surface area contributed by atoms with Crippen LogP contribution in [0.3, 0.4) is 0 Å².